The van der Waals surface area contributed by atoms with Gasteiger partial charge in [0.25, 0.3) is 11.8 Å². The van der Waals surface area contributed by atoms with Gasteiger partial charge in [0.2, 0.25) is 0 Å². The summed E-state index contributed by atoms with van der Waals surface area (Å²) in [5.74, 6) is -0.604. The molecule has 1 unspecified atom stereocenters. The van der Waals surface area contributed by atoms with Gasteiger partial charge in [-0.3, -0.25) is 9.59 Å². The maximum absolute atomic E-state index is 12.9. The third-order valence-electron chi connectivity index (χ3n) is 4.01. The maximum Gasteiger partial charge on any atom is 0.257 e. The molecule has 1 atom stereocenters. The third-order valence-corrected chi connectivity index (χ3v) is 4.01. The van der Waals surface area contributed by atoms with Crippen LogP contribution in [0.1, 0.15) is 34.5 Å². The van der Waals surface area contributed by atoms with Crippen molar-refractivity contribution >= 4 is 11.8 Å². The zero-order valence-electron chi connectivity index (χ0n) is 15.0. The monoisotopic (exact) mass is 356 g/mol. The number of nitrogens with two attached hydrogens (primary N) is 1. The molecule has 0 fully saturated rings. The molecule has 6 heteroatoms. The lowest BCUT2D eigenvalue weighted by Gasteiger charge is -2.25. The fourth-order valence-electron chi connectivity index (χ4n) is 2.55. The van der Waals surface area contributed by atoms with Crippen molar-refractivity contribution in [3.05, 3.63) is 65.2 Å². The van der Waals surface area contributed by atoms with Gasteiger partial charge in [0, 0.05) is 6.54 Å². The van der Waals surface area contributed by atoms with Crippen LogP contribution in [0, 0.1) is 6.92 Å². The van der Waals surface area contributed by atoms with Crippen LogP contribution < -0.4 is 10.5 Å². The number of ether oxygens (including phenoxy) is 1. The lowest BCUT2D eigenvalue weighted by Crippen LogP contribution is -2.35. The Morgan fingerprint density at radius 2 is 1.81 bits per heavy atom. The van der Waals surface area contributed by atoms with Crippen LogP contribution in [-0.2, 0) is 4.79 Å². The molecule has 2 aromatic rings. The Bertz CT molecular complexity index is 759. The molecule has 2 amide bonds. The van der Waals surface area contributed by atoms with E-state index < -0.39 is 12.0 Å². The van der Waals surface area contributed by atoms with E-state index >= 15 is 0 Å². The van der Waals surface area contributed by atoms with Crippen molar-refractivity contribution in [2.24, 2.45) is 5.73 Å². The molecule has 0 bridgehead atoms. The van der Waals surface area contributed by atoms with Crippen molar-refractivity contribution in [1.82, 2.24) is 4.90 Å². The number of aliphatic hydroxyl groups excluding tert-OH is 1. The lowest BCUT2D eigenvalue weighted by molar-refractivity contribution is -0.119. The minimum atomic E-state index is -0.793. The summed E-state index contributed by atoms with van der Waals surface area (Å²) in [7, 11) is 0. The lowest BCUT2D eigenvalue weighted by atomic mass is 10.1. The molecule has 138 valence electrons. The minimum Gasteiger partial charge on any atom is -0.483 e. The van der Waals surface area contributed by atoms with Crippen LogP contribution in [0.5, 0.6) is 5.75 Å². The van der Waals surface area contributed by atoms with Crippen molar-refractivity contribution in [2.75, 3.05) is 19.7 Å². The predicted octanol–water partition coefficient (Wildman–Crippen LogP) is 2.05. The molecule has 0 saturated heterocycles. The zero-order chi connectivity index (χ0) is 19.1. The van der Waals surface area contributed by atoms with E-state index in [2.05, 4.69) is 0 Å². The number of nitrogens with zero attached hydrogens (tertiary/aromatic N) is 1. The SMILES string of the molecule is CCN(CC(O)c1ccc(C)cc1)C(=O)c1ccccc1OCC(N)=O. The van der Waals surface area contributed by atoms with Gasteiger partial charge in [0.15, 0.2) is 6.61 Å². The van der Waals surface area contributed by atoms with Crippen molar-refractivity contribution in [1.29, 1.82) is 0 Å². The molecule has 0 aliphatic rings. The number of hydrogen-bond donors (Lipinski definition) is 2. The molecular formula is C20H24N2O4. The first kappa shape index (κ1) is 19.5. The number of benzene rings is 2. The normalized spacial score (nSPS) is 11.7. The number of carbonyl (C=O) groups is 2. The van der Waals surface area contributed by atoms with Crippen LogP contribution in [0.4, 0.5) is 0 Å². The summed E-state index contributed by atoms with van der Waals surface area (Å²) >= 11 is 0. The second-order valence-corrected chi connectivity index (χ2v) is 6.02. The number of rotatable bonds is 8. The summed E-state index contributed by atoms with van der Waals surface area (Å²) in [6.45, 7) is 4.09. The highest BCUT2D eigenvalue weighted by Gasteiger charge is 2.21. The van der Waals surface area contributed by atoms with E-state index in [-0.39, 0.29) is 19.1 Å². The third kappa shape index (κ3) is 5.07. The van der Waals surface area contributed by atoms with E-state index in [9.17, 15) is 14.7 Å². The number of aryl methyl sites for hydroxylation is 1. The average molecular weight is 356 g/mol. The van der Waals surface area contributed by atoms with Gasteiger partial charge in [-0.1, -0.05) is 42.0 Å². The first-order valence-electron chi connectivity index (χ1n) is 8.46. The van der Waals surface area contributed by atoms with Gasteiger partial charge >= 0.3 is 0 Å². The Balaban J connectivity index is 2.15. The van der Waals surface area contributed by atoms with Crippen LogP contribution in [0.15, 0.2) is 48.5 Å². The molecule has 0 aliphatic carbocycles. The molecule has 0 aromatic heterocycles. The van der Waals surface area contributed by atoms with Crippen molar-refractivity contribution in [3.63, 3.8) is 0 Å². The Hall–Kier alpha value is -2.86. The topological polar surface area (TPSA) is 92.9 Å². The summed E-state index contributed by atoms with van der Waals surface area (Å²) in [6.07, 6.45) is -0.793. The van der Waals surface area contributed by atoms with Crippen LogP contribution >= 0.6 is 0 Å². The van der Waals surface area contributed by atoms with Crippen LogP contribution in [0.25, 0.3) is 0 Å². The van der Waals surface area contributed by atoms with E-state index in [0.29, 0.717) is 17.9 Å². The number of primary amides is 1. The quantitative estimate of drug-likeness (QED) is 0.757. The standard InChI is InChI=1S/C20H24N2O4/c1-3-22(12-17(23)15-10-8-14(2)9-11-15)20(25)16-6-4-5-7-18(16)26-13-19(21)24/h4-11,17,23H,3,12-13H2,1-2H3,(H2,21,24). The first-order chi connectivity index (χ1) is 12.4. The van der Waals surface area contributed by atoms with Gasteiger partial charge in [-0.15, -0.1) is 0 Å². The summed E-state index contributed by atoms with van der Waals surface area (Å²) in [6, 6.07) is 14.2. The number of aliphatic hydroxyl groups is 1. The highest BCUT2D eigenvalue weighted by Crippen LogP contribution is 2.22. The van der Waals surface area contributed by atoms with Crippen LogP contribution in [0.3, 0.4) is 0 Å². The molecule has 6 nitrogen and oxygen atoms in total. The summed E-state index contributed by atoms with van der Waals surface area (Å²) in [5.41, 5.74) is 7.28. The molecule has 0 saturated carbocycles. The Labute approximate surface area is 153 Å². The van der Waals surface area contributed by atoms with Crippen LogP contribution in [0.2, 0.25) is 0 Å². The van der Waals surface area contributed by atoms with E-state index in [1.54, 1.807) is 24.3 Å². The van der Waals surface area contributed by atoms with Crippen molar-refractivity contribution in [3.8, 4) is 5.75 Å². The molecule has 0 heterocycles. The summed E-state index contributed by atoms with van der Waals surface area (Å²) in [5, 5.41) is 10.5. The molecular weight excluding hydrogens is 332 g/mol. The molecule has 0 aliphatic heterocycles. The Kier molecular flexibility index (Phi) is 6.74. The van der Waals surface area contributed by atoms with Gasteiger partial charge in [-0.2, -0.15) is 0 Å². The number of amides is 2. The van der Waals surface area contributed by atoms with Gasteiger partial charge in [-0.05, 0) is 31.5 Å². The highest BCUT2D eigenvalue weighted by atomic mass is 16.5. The number of hydrogen-bond acceptors (Lipinski definition) is 4. The summed E-state index contributed by atoms with van der Waals surface area (Å²) in [4.78, 5) is 25.4. The maximum atomic E-state index is 12.9. The average Bonchev–Trinajstić information content (AvgIpc) is 2.64. The first-order valence-corrected chi connectivity index (χ1v) is 8.46. The van der Waals surface area contributed by atoms with Gasteiger partial charge in [0.05, 0.1) is 18.2 Å². The molecule has 26 heavy (non-hydrogen) atoms. The van der Waals surface area contributed by atoms with Gasteiger partial charge in [0.1, 0.15) is 5.75 Å². The minimum absolute atomic E-state index is 0.155. The van der Waals surface area contributed by atoms with E-state index in [1.165, 1.54) is 4.90 Å². The predicted molar refractivity (Wildman–Crippen MR) is 98.8 cm³/mol. The van der Waals surface area contributed by atoms with E-state index in [0.717, 1.165) is 11.1 Å². The number of carbonyl (C=O) groups excluding carboxylic acids is 2. The smallest absolute Gasteiger partial charge is 0.257 e. The molecule has 0 spiro atoms. The Morgan fingerprint density at radius 3 is 2.42 bits per heavy atom. The van der Waals surface area contributed by atoms with Gasteiger partial charge < -0.3 is 20.5 Å². The molecule has 2 rings (SSSR count). The van der Waals surface area contributed by atoms with Crippen molar-refractivity contribution in [2.45, 2.75) is 20.0 Å². The fourth-order valence-corrected chi connectivity index (χ4v) is 2.55. The molecule has 3 N–H and O–H groups in total. The number of likely N-dealkylation sites (N-methyl/N-ethyl adjacent to an activating group) is 1. The fraction of sp³-hybridized carbons (Fsp3) is 0.300. The van der Waals surface area contributed by atoms with E-state index in [4.69, 9.17) is 10.5 Å². The van der Waals surface area contributed by atoms with Crippen LogP contribution in [-0.4, -0.2) is 41.5 Å². The largest absolute Gasteiger partial charge is 0.483 e. The van der Waals surface area contributed by atoms with E-state index in [1.807, 2.05) is 38.1 Å². The number of para-hydroxylation sites is 1. The second-order valence-electron chi connectivity index (χ2n) is 6.02. The zero-order valence-corrected chi connectivity index (χ0v) is 15.0. The molecule has 0 radical (unpaired) electrons. The second kappa shape index (κ2) is 9.01. The van der Waals surface area contributed by atoms with Crippen molar-refractivity contribution < 1.29 is 19.4 Å². The highest BCUT2D eigenvalue weighted by molar-refractivity contribution is 5.97. The Morgan fingerprint density at radius 1 is 1.15 bits per heavy atom. The molecule has 2 aromatic carbocycles. The van der Waals surface area contributed by atoms with Gasteiger partial charge in [-0.25, -0.2) is 0 Å². The summed E-state index contributed by atoms with van der Waals surface area (Å²) < 4.78 is 5.33.